The first-order valence-electron chi connectivity index (χ1n) is 4.93. The molecule has 0 aromatic heterocycles. The molecule has 0 bridgehead atoms. The summed E-state index contributed by atoms with van der Waals surface area (Å²) in [6.07, 6.45) is 1.14. The molecule has 1 rings (SSSR count). The van der Waals surface area contributed by atoms with E-state index in [1.807, 2.05) is 6.92 Å². The van der Waals surface area contributed by atoms with Gasteiger partial charge in [0.2, 0.25) is 0 Å². The van der Waals surface area contributed by atoms with E-state index in [1.54, 1.807) is 19.1 Å². The topological polar surface area (TPSA) is 17.1 Å². The molecule has 0 aliphatic carbocycles. The maximum Gasteiger partial charge on any atom is 0.142 e. The van der Waals surface area contributed by atoms with Crippen molar-refractivity contribution in [3.05, 3.63) is 34.6 Å². The predicted molar refractivity (Wildman–Crippen MR) is 59.6 cm³/mol. The number of halogens is 2. The summed E-state index contributed by atoms with van der Waals surface area (Å²) in [7, 11) is 0. The first kappa shape index (κ1) is 12.2. The first-order chi connectivity index (χ1) is 7.00. The van der Waals surface area contributed by atoms with Crippen LogP contribution in [-0.4, -0.2) is 5.78 Å². The Morgan fingerprint density at radius 2 is 2.20 bits per heavy atom. The van der Waals surface area contributed by atoms with Gasteiger partial charge < -0.3 is 4.79 Å². The molecular formula is C12H14ClFO. The van der Waals surface area contributed by atoms with Gasteiger partial charge in [-0.05, 0) is 30.9 Å². The molecule has 0 N–H and O–H groups in total. The van der Waals surface area contributed by atoms with E-state index in [0.717, 1.165) is 5.56 Å². The van der Waals surface area contributed by atoms with Crippen LogP contribution in [0.5, 0.6) is 0 Å². The van der Waals surface area contributed by atoms with Crippen molar-refractivity contribution < 1.29 is 9.18 Å². The smallest absolute Gasteiger partial charge is 0.142 e. The summed E-state index contributed by atoms with van der Waals surface area (Å²) in [5.74, 6) is -0.0546. The molecule has 82 valence electrons. The highest BCUT2D eigenvalue weighted by Crippen LogP contribution is 2.23. The lowest BCUT2D eigenvalue weighted by Crippen LogP contribution is -2.05. The van der Waals surface area contributed by atoms with Gasteiger partial charge in [-0.15, -0.1) is 0 Å². The highest BCUT2D eigenvalue weighted by atomic mass is 35.5. The lowest BCUT2D eigenvalue weighted by Gasteiger charge is -2.10. The van der Waals surface area contributed by atoms with Crippen molar-refractivity contribution in [1.82, 2.24) is 0 Å². The van der Waals surface area contributed by atoms with Gasteiger partial charge in [0.1, 0.15) is 11.6 Å². The molecule has 3 heteroatoms. The minimum absolute atomic E-state index is 0.148. The van der Waals surface area contributed by atoms with E-state index in [9.17, 15) is 9.18 Å². The molecule has 0 heterocycles. The summed E-state index contributed by atoms with van der Waals surface area (Å²) in [4.78, 5) is 10.9. The van der Waals surface area contributed by atoms with Crippen LogP contribution in [0.1, 0.15) is 25.8 Å². The Hall–Kier alpha value is -0.890. The lowest BCUT2D eigenvalue weighted by atomic mass is 9.96. The van der Waals surface area contributed by atoms with Gasteiger partial charge in [0.15, 0.2) is 0 Å². The van der Waals surface area contributed by atoms with E-state index < -0.39 is 5.82 Å². The second-order valence-corrected chi connectivity index (χ2v) is 4.31. The van der Waals surface area contributed by atoms with Gasteiger partial charge in [-0.3, -0.25) is 0 Å². The Kier molecular flexibility index (Phi) is 4.28. The van der Waals surface area contributed by atoms with Crippen LogP contribution >= 0.6 is 11.6 Å². The minimum Gasteiger partial charge on any atom is -0.300 e. The zero-order valence-electron chi connectivity index (χ0n) is 8.89. The molecule has 1 aromatic rings. The van der Waals surface area contributed by atoms with Crippen molar-refractivity contribution in [2.75, 3.05) is 0 Å². The molecule has 0 aliphatic rings. The van der Waals surface area contributed by atoms with Crippen LogP contribution in [0.2, 0.25) is 5.02 Å². The molecule has 1 atom stereocenters. The number of carbonyl (C=O) groups is 1. The molecule has 0 saturated heterocycles. The number of rotatable bonds is 4. The third kappa shape index (κ3) is 3.63. The van der Waals surface area contributed by atoms with E-state index in [0.29, 0.717) is 12.8 Å². The molecular weight excluding hydrogens is 215 g/mol. The highest BCUT2D eigenvalue weighted by molar-refractivity contribution is 6.31. The van der Waals surface area contributed by atoms with Gasteiger partial charge in [-0.25, -0.2) is 4.39 Å². The van der Waals surface area contributed by atoms with Gasteiger partial charge in [-0.1, -0.05) is 30.7 Å². The van der Waals surface area contributed by atoms with Gasteiger partial charge in [-0.2, -0.15) is 0 Å². The Bertz CT molecular complexity index is 363. The average Bonchev–Trinajstić information content (AvgIpc) is 2.11. The van der Waals surface area contributed by atoms with Crippen LogP contribution in [0.4, 0.5) is 4.39 Å². The molecule has 15 heavy (non-hydrogen) atoms. The quantitative estimate of drug-likeness (QED) is 0.769. The Balaban J connectivity index is 2.72. The van der Waals surface area contributed by atoms with Crippen LogP contribution in [0.15, 0.2) is 18.2 Å². The molecule has 0 aliphatic heterocycles. The van der Waals surface area contributed by atoms with E-state index in [2.05, 4.69) is 0 Å². The number of ketones is 1. The summed E-state index contributed by atoms with van der Waals surface area (Å²) in [6, 6.07) is 4.76. The van der Waals surface area contributed by atoms with Crippen LogP contribution in [0.25, 0.3) is 0 Å². The minimum atomic E-state index is -0.399. The fourth-order valence-corrected chi connectivity index (χ4v) is 1.85. The van der Waals surface area contributed by atoms with Crippen molar-refractivity contribution in [1.29, 1.82) is 0 Å². The van der Waals surface area contributed by atoms with E-state index in [-0.39, 0.29) is 16.7 Å². The number of hydrogen-bond acceptors (Lipinski definition) is 1. The fraction of sp³-hybridized carbons (Fsp3) is 0.417. The molecule has 1 nitrogen and oxygen atoms in total. The largest absolute Gasteiger partial charge is 0.300 e. The predicted octanol–water partition coefficient (Wildman–Crippen LogP) is 3.64. The number of benzene rings is 1. The SMILES string of the molecule is CC(=O)CC(C)Cc1cccc(F)c1Cl. The fourth-order valence-electron chi connectivity index (χ4n) is 1.64. The van der Waals surface area contributed by atoms with Crippen molar-refractivity contribution in [2.45, 2.75) is 26.7 Å². The summed E-state index contributed by atoms with van der Waals surface area (Å²) in [5.41, 5.74) is 0.769. The first-order valence-corrected chi connectivity index (χ1v) is 5.31. The Morgan fingerprint density at radius 1 is 1.53 bits per heavy atom. The van der Waals surface area contributed by atoms with E-state index in [1.165, 1.54) is 6.07 Å². The summed E-state index contributed by atoms with van der Waals surface area (Å²) in [5, 5.41) is 0.174. The van der Waals surface area contributed by atoms with E-state index in [4.69, 9.17) is 11.6 Å². The van der Waals surface area contributed by atoms with Crippen molar-refractivity contribution in [2.24, 2.45) is 5.92 Å². The average molecular weight is 229 g/mol. The third-order valence-electron chi connectivity index (χ3n) is 2.24. The van der Waals surface area contributed by atoms with Gasteiger partial charge >= 0.3 is 0 Å². The zero-order chi connectivity index (χ0) is 11.4. The number of carbonyl (C=O) groups excluding carboxylic acids is 1. The highest BCUT2D eigenvalue weighted by Gasteiger charge is 2.11. The standard InChI is InChI=1S/C12H14ClFO/c1-8(6-9(2)15)7-10-4-3-5-11(14)12(10)13/h3-5,8H,6-7H2,1-2H3. The molecule has 0 amide bonds. The van der Waals surface area contributed by atoms with Crippen molar-refractivity contribution in [3.63, 3.8) is 0 Å². The number of Topliss-reactive ketones (excluding diaryl/α,β-unsaturated/α-hetero) is 1. The number of hydrogen-bond donors (Lipinski definition) is 0. The Labute approximate surface area is 94.3 Å². The molecule has 0 fully saturated rings. The van der Waals surface area contributed by atoms with Gasteiger partial charge in [0, 0.05) is 6.42 Å². The summed E-state index contributed by atoms with van der Waals surface area (Å²) >= 11 is 5.81. The van der Waals surface area contributed by atoms with Crippen LogP contribution in [0.3, 0.4) is 0 Å². The Morgan fingerprint density at radius 3 is 2.80 bits per heavy atom. The second-order valence-electron chi connectivity index (χ2n) is 3.93. The second kappa shape index (κ2) is 5.26. The third-order valence-corrected chi connectivity index (χ3v) is 2.66. The van der Waals surface area contributed by atoms with Crippen molar-refractivity contribution in [3.8, 4) is 0 Å². The molecule has 0 saturated carbocycles. The van der Waals surface area contributed by atoms with Crippen LogP contribution in [-0.2, 0) is 11.2 Å². The lowest BCUT2D eigenvalue weighted by molar-refractivity contribution is -0.117. The van der Waals surface area contributed by atoms with Crippen molar-refractivity contribution >= 4 is 17.4 Å². The molecule has 1 unspecified atom stereocenters. The van der Waals surface area contributed by atoms with Gasteiger partial charge in [0.05, 0.1) is 5.02 Å². The van der Waals surface area contributed by atoms with Crippen LogP contribution < -0.4 is 0 Å². The maximum atomic E-state index is 13.1. The van der Waals surface area contributed by atoms with Crippen LogP contribution in [0, 0.1) is 11.7 Å². The maximum absolute atomic E-state index is 13.1. The normalized spacial score (nSPS) is 12.5. The zero-order valence-corrected chi connectivity index (χ0v) is 9.64. The summed E-state index contributed by atoms with van der Waals surface area (Å²) < 4.78 is 13.1. The molecule has 0 radical (unpaired) electrons. The van der Waals surface area contributed by atoms with Gasteiger partial charge in [0.25, 0.3) is 0 Å². The molecule has 0 spiro atoms. The summed E-state index contributed by atoms with van der Waals surface area (Å²) in [6.45, 7) is 3.52. The molecule has 1 aromatic carbocycles. The monoisotopic (exact) mass is 228 g/mol. The van der Waals surface area contributed by atoms with E-state index >= 15 is 0 Å².